The number of halogens is 1. The fourth-order valence-electron chi connectivity index (χ4n) is 3.40. The van der Waals surface area contributed by atoms with E-state index in [2.05, 4.69) is 28.1 Å². The highest BCUT2D eigenvalue weighted by atomic mass is 79.9. The van der Waals surface area contributed by atoms with Crippen LogP contribution in [0.1, 0.15) is 11.3 Å². The first-order chi connectivity index (χ1) is 14.0. The van der Waals surface area contributed by atoms with E-state index in [1.807, 2.05) is 78.3 Å². The Kier molecular flexibility index (Phi) is 5.56. The van der Waals surface area contributed by atoms with Crippen LogP contribution in [0.2, 0.25) is 0 Å². The Bertz CT molecular complexity index is 1100. The van der Waals surface area contributed by atoms with Gasteiger partial charge in [0.1, 0.15) is 11.6 Å². The fraction of sp³-hybridized carbons (Fsp3) is 0.238. The molecule has 0 fully saturated rings. The molecule has 2 heterocycles. The third-order valence-electron chi connectivity index (χ3n) is 5.05. The second-order valence-electron chi connectivity index (χ2n) is 6.84. The van der Waals surface area contributed by atoms with Gasteiger partial charge < -0.3 is 0 Å². The summed E-state index contributed by atoms with van der Waals surface area (Å²) in [6.45, 7) is 1.96. The Labute approximate surface area is 182 Å². The van der Waals surface area contributed by atoms with Crippen molar-refractivity contribution in [1.82, 2.24) is 14.5 Å². The minimum atomic E-state index is -0.0605. The maximum absolute atomic E-state index is 13.3. The lowest BCUT2D eigenvalue weighted by molar-refractivity contribution is 0.325. The molecule has 29 heavy (non-hydrogen) atoms. The van der Waals surface area contributed by atoms with E-state index >= 15 is 0 Å². The number of hydrazine groups is 1. The molecule has 0 saturated carbocycles. The molecule has 3 aromatic rings. The van der Waals surface area contributed by atoms with Crippen LogP contribution in [0.4, 0.5) is 5.69 Å². The normalized spacial score (nSPS) is 14.1. The van der Waals surface area contributed by atoms with Gasteiger partial charge in [-0.2, -0.15) is 10.2 Å². The van der Waals surface area contributed by atoms with Crippen molar-refractivity contribution < 1.29 is 0 Å². The molecule has 1 aromatic heterocycles. The topological polar surface area (TPSA) is 45.8 Å². The van der Waals surface area contributed by atoms with Crippen LogP contribution in [-0.2, 0) is 7.05 Å². The molecule has 0 bridgehead atoms. The number of hydrazone groups is 1. The quantitative estimate of drug-likeness (QED) is 0.576. The molecule has 0 radical (unpaired) electrons. The second kappa shape index (κ2) is 8.12. The molecule has 1 aliphatic heterocycles. The Morgan fingerprint density at radius 1 is 1.10 bits per heavy atom. The molecule has 0 spiro atoms. The monoisotopic (exact) mass is 471 g/mol. The standard InChI is InChI=1S/C21H22BrN5OS/c1-15-20(21(28)27(24(15)2)18-7-5-4-6-8-18)25(3)26-14-29-13-19(23-26)16-9-11-17(22)12-10-16/h4-12H,13-14H2,1-3H3. The number of nitrogens with zero attached hydrogens (tertiary/aromatic N) is 5. The largest absolute Gasteiger partial charge is 0.297 e. The van der Waals surface area contributed by atoms with Gasteiger partial charge in [-0.1, -0.05) is 46.3 Å². The summed E-state index contributed by atoms with van der Waals surface area (Å²) in [5.41, 5.74) is 4.38. The molecule has 6 nitrogen and oxygen atoms in total. The number of thioether (sulfide) groups is 1. The van der Waals surface area contributed by atoms with Gasteiger partial charge in [-0.25, -0.2) is 4.68 Å². The van der Waals surface area contributed by atoms with E-state index in [0.717, 1.165) is 32.9 Å². The zero-order chi connectivity index (χ0) is 20.5. The van der Waals surface area contributed by atoms with Crippen molar-refractivity contribution in [1.29, 1.82) is 0 Å². The van der Waals surface area contributed by atoms with Crippen molar-refractivity contribution in [2.24, 2.45) is 12.1 Å². The number of rotatable bonds is 4. The van der Waals surface area contributed by atoms with Crippen LogP contribution in [0.15, 0.2) is 69.0 Å². The van der Waals surface area contributed by atoms with Gasteiger partial charge in [-0.3, -0.25) is 14.5 Å². The average Bonchev–Trinajstić information content (AvgIpc) is 2.97. The van der Waals surface area contributed by atoms with Crippen molar-refractivity contribution in [3.8, 4) is 5.69 Å². The lowest BCUT2D eigenvalue weighted by Gasteiger charge is -2.33. The minimum absolute atomic E-state index is 0.0605. The van der Waals surface area contributed by atoms with Crippen molar-refractivity contribution in [2.45, 2.75) is 6.92 Å². The second-order valence-corrected chi connectivity index (χ2v) is 8.71. The molecule has 0 unspecified atom stereocenters. The van der Waals surface area contributed by atoms with Gasteiger partial charge in [0.2, 0.25) is 0 Å². The Morgan fingerprint density at radius 3 is 2.48 bits per heavy atom. The first-order valence-corrected chi connectivity index (χ1v) is 11.2. The van der Waals surface area contributed by atoms with Crippen molar-refractivity contribution in [2.75, 3.05) is 23.7 Å². The number of anilines is 1. The van der Waals surface area contributed by atoms with Crippen LogP contribution in [-0.4, -0.2) is 38.9 Å². The smallest absolute Gasteiger partial charge is 0.283 e. The van der Waals surface area contributed by atoms with Crippen molar-refractivity contribution in [3.63, 3.8) is 0 Å². The highest BCUT2D eigenvalue weighted by Gasteiger charge is 2.25. The molecule has 0 N–H and O–H groups in total. The van der Waals surface area contributed by atoms with E-state index in [1.54, 1.807) is 16.4 Å². The summed E-state index contributed by atoms with van der Waals surface area (Å²) >= 11 is 5.25. The molecule has 0 amide bonds. The molecule has 8 heteroatoms. The predicted octanol–water partition coefficient (Wildman–Crippen LogP) is 4.01. The molecular formula is C21H22BrN5OS. The number of benzene rings is 2. The third-order valence-corrected chi connectivity index (χ3v) is 6.47. The molecule has 0 saturated heterocycles. The number of hydrogen-bond acceptors (Lipinski definition) is 5. The summed E-state index contributed by atoms with van der Waals surface area (Å²) in [4.78, 5) is 13.3. The molecule has 150 valence electrons. The van der Waals surface area contributed by atoms with E-state index in [9.17, 15) is 4.79 Å². The average molecular weight is 472 g/mol. The van der Waals surface area contributed by atoms with E-state index in [-0.39, 0.29) is 5.56 Å². The SMILES string of the molecule is Cc1c(N(C)N2CSCC(c3ccc(Br)cc3)=N2)c(=O)n(-c2ccccc2)n1C. The summed E-state index contributed by atoms with van der Waals surface area (Å²) in [5, 5.41) is 8.56. The van der Waals surface area contributed by atoms with Crippen LogP contribution in [0.3, 0.4) is 0 Å². The zero-order valence-electron chi connectivity index (χ0n) is 16.5. The van der Waals surface area contributed by atoms with Gasteiger partial charge in [0, 0.05) is 24.3 Å². The van der Waals surface area contributed by atoms with E-state index in [1.165, 1.54) is 0 Å². The molecule has 0 aliphatic carbocycles. The minimum Gasteiger partial charge on any atom is -0.283 e. The van der Waals surface area contributed by atoms with Crippen LogP contribution in [0, 0.1) is 6.92 Å². The van der Waals surface area contributed by atoms with Crippen LogP contribution < -0.4 is 10.6 Å². The number of aromatic nitrogens is 2. The first-order valence-electron chi connectivity index (χ1n) is 9.23. The zero-order valence-corrected chi connectivity index (χ0v) is 18.9. The van der Waals surface area contributed by atoms with Gasteiger partial charge in [0.15, 0.2) is 0 Å². The third kappa shape index (κ3) is 3.74. The molecule has 2 aromatic carbocycles. The summed E-state index contributed by atoms with van der Waals surface area (Å²) in [6, 6.07) is 17.8. The van der Waals surface area contributed by atoms with Gasteiger partial charge in [-0.15, -0.1) is 11.8 Å². The predicted molar refractivity (Wildman–Crippen MR) is 124 cm³/mol. The summed E-state index contributed by atoms with van der Waals surface area (Å²) in [7, 11) is 3.80. The molecule has 0 atom stereocenters. The van der Waals surface area contributed by atoms with Gasteiger partial charge >= 0.3 is 0 Å². The van der Waals surface area contributed by atoms with Crippen LogP contribution >= 0.6 is 27.7 Å². The maximum Gasteiger partial charge on any atom is 0.297 e. The summed E-state index contributed by atoms with van der Waals surface area (Å²) < 4.78 is 4.62. The van der Waals surface area contributed by atoms with Gasteiger partial charge in [0.05, 0.1) is 17.1 Å². The van der Waals surface area contributed by atoms with E-state index < -0.39 is 0 Å². The van der Waals surface area contributed by atoms with Crippen LogP contribution in [0.25, 0.3) is 5.69 Å². The highest BCUT2D eigenvalue weighted by molar-refractivity contribution is 9.10. The Hall–Kier alpha value is -2.45. The van der Waals surface area contributed by atoms with E-state index in [4.69, 9.17) is 5.10 Å². The summed E-state index contributed by atoms with van der Waals surface area (Å²) in [5.74, 6) is 1.53. The molecular weight excluding hydrogens is 450 g/mol. The van der Waals surface area contributed by atoms with Crippen LogP contribution in [0.5, 0.6) is 0 Å². The summed E-state index contributed by atoms with van der Waals surface area (Å²) in [6.07, 6.45) is 0. The fourth-order valence-corrected chi connectivity index (χ4v) is 4.57. The molecule has 4 rings (SSSR count). The first kappa shape index (κ1) is 19.8. The molecule has 1 aliphatic rings. The number of para-hydroxylation sites is 1. The van der Waals surface area contributed by atoms with Gasteiger partial charge in [0.25, 0.3) is 5.56 Å². The van der Waals surface area contributed by atoms with Crippen molar-refractivity contribution in [3.05, 3.63) is 80.7 Å². The highest BCUT2D eigenvalue weighted by Crippen LogP contribution is 2.24. The Balaban J connectivity index is 1.71. The Morgan fingerprint density at radius 2 is 1.79 bits per heavy atom. The van der Waals surface area contributed by atoms with Gasteiger partial charge in [-0.05, 0) is 36.8 Å². The van der Waals surface area contributed by atoms with E-state index in [0.29, 0.717) is 11.6 Å². The lowest BCUT2D eigenvalue weighted by atomic mass is 10.1. The lowest BCUT2D eigenvalue weighted by Crippen LogP contribution is -2.41. The van der Waals surface area contributed by atoms with Crippen molar-refractivity contribution >= 4 is 39.1 Å². The number of hydrogen-bond donors (Lipinski definition) is 0. The maximum atomic E-state index is 13.3.